The maximum atomic E-state index is 4.72. The zero-order valence-electron chi connectivity index (χ0n) is 10.4. The summed E-state index contributed by atoms with van der Waals surface area (Å²) in [4.78, 5) is 4.04. The van der Waals surface area contributed by atoms with Gasteiger partial charge < -0.3 is 5.32 Å². The summed E-state index contributed by atoms with van der Waals surface area (Å²) in [6.07, 6.45) is 4.68. The minimum absolute atomic E-state index is 0.420. The fourth-order valence-corrected chi connectivity index (χ4v) is 3.07. The zero-order chi connectivity index (χ0) is 12.7. The summed E-state index contributed by atoms with van der Waals surface area (Å²) in [5.41, 5.74) is 2.06. The SMILES string of the molecule is CC1CC(C)n2nc(-c3ccncc3)c(Br)c2N1. The van der Waals surface area contributed by atoms with E-state index in [-0.39, 0.29) is 0 Å². The fraction of sp³-hybridized carbons (Fsp3) is 0.385. The van der Waals surface area contributed by atoms with E-state index in [9.17, 15) is 0 Å². The van der Waals surface area contributed by atoms with E-state index in [2.05, 4.69) is 44.8 Å². The lowest BCUT2D eigenvalue weighted by Crippen LogP contribution is -2.28. The molecule has 2 aromatic rings. The molecule has 0 amide bonds. The van der Waals surface area contributed by atoms with E-state index < -0.39 is 0 Å². The van der Waals surface area contributed by atoms with E-state index in [0.29, 0.717) is 12.1 Å². The van der Waals surface area contributed by atoms with Crippen LogP contribution in [0.25, 0.3) is 11.3 Å². The molecule has 2 atom stereocenters. The second-order valence-electron chi connectivity index (χ2n) is 4.82. The lowest BCUT2D eigenvalue weighted by atomic mass is 10.1. The number of pyridine rings is 1. The van der Waals surface area contributed by atoms with Crippen molar-refractivity contribution in [1.82, 2.24) is 14.8 Å². The Bertz CT molecular complexity index is 564. The molecule has 0 spiro atoms. The van der Waals surface area contributed by atoms with Crippen molar-refractivity contribution in [2.24, 2.45) is 0 Å². The van der Waals surface area contributed by atoms with E-state index in [0.717, 1.165) is 28.0 Å². The van der Waals surface area contributed by atoms with Gasteiger partial charge >= 0.3 is 0 Å². The number of halogens is 1. The molecule has 0 aliphatic carbocycles. The van der Waals surface area contributed by atoms with Gasteiger partial charge in [-0.1, -0.05) is 0 Å². The minimum atomic E-state index is 0.420. The van der Waals surface area contributed by atoms with Crippen LogP contribution in [0.15, 0.2) is 29.0 Å². The maximum Gasteiger partial charge on any atom is 0.139 e. The zero-order valence-corrected chi connectivity index (χ0v) is 12.0. The Balaban J connectivity index is 2.12. The smallest absolute Gasteiger partial charge is 0.139 e. The molecule has 5 heteroatoms. The molecule has 2 aromatic heterocycles. The molecule has 0 radical (unpaired) electrons. The van der Waals surface area contributed by atoms with Gasteiger partial charge in [0.15, 0.2) is 0 Å². The molecule has 94 valence electrons. The highest BCUT2D eigenvalue weighted by molar-refractivity contribution is 9.10. The molecule has 3 heterocycles. The van der Waals surface area contributed by atoms with Crippen molar-refractivity contribution in [2.45, 2.75) is 32.4 Å². The topological polar surface area (TPSA) is 42.7 Å². The average molecular weight is 307 g/mol. The summed E-state index contributed by atoms with van der Waals surface area (Å²) in [7, 11) is 0. The first-order valence-electron chi connectivity index (χ1n) is 6.11. The Morgan fingerprint density at radius 1 is 1.33 bits per heavy atom. The molecule has 4 nitrogen and oxygen atoms in total. The van der Waals surface area contributed by atoms with Gasteiger partial charge in [0.25, 0.3) is 0 Å². The molecule has 3 rings (SSSR count). The Kier molecular flexibility index (Phi) is 2.86. The van der Waals surface area contributed by atoms with Crippen LogP contribution in [-0.2, 0) is 0 Å². The van der Waals surface area contributed by atoms with E-state index in [4.69, 9.17) is 5.10 Å². The number of aromatic nitrogens is 3. The van der Waals surface area contributed by atoms with Crippen LogP contribution >= 0.6 is 15.9 Å². The number of nitrogens with one attached hydrogen (secondary N) is 1. The molecular formula is C13H15BrN4. The molecule has 1 aliphatic heterocycles. The molecule has 2 unspecified atom stereocenters. The first kappa shape index (κ1) is 11.7. The van der Waals surface area contributed by atoms with Crippen molar-refractivity contribution >= 4 is 21.7 Å². The fourth-order valence-electron chi connectivity index (χ4n) is 2.46. The largest absolute Gasteiger partial charge is 0.367 e. The van der Waals surface area contributed by atoms with Gasteiger partial charge in [0.1, 0.15) is 11.5 Å². The first-order valence-corrected chi connectivity index (χ1v) is 6.91. The quantitative estimate of drug-likeness (QED) is 0.877. The van der Waals surface area contributed by atoms with Crippen molar-refractivity contribution in [3.8, 4) is 11.3 Å². The molecular weight excluding hydrogens is 292 g/mol. The summed E-state index contributed by atoms with van der Waals surface area (Å²) < 4.78 is 3.10. The van der Waals surface area contributed by atoms with Gasteiger partial charge in [-0.05, 0) is 48.3 Å². The molecule has 0 fully saturated rings. The number of rotatable bonds is 1. The molecule has 1 aliphatic rings. The summed E-state index contributed by atoms with van der Waals surface area (Å²) in [5, 5.41) is 8.20. The third kappa shape index (κ3) is 1.82. The number of nitrogens with zero attached hydrogens (tertiary/aromatic N) is 3. The van der Waals surface area contributed by atoms with Crippen LogP contribution in [0.4, 0.5) is 5.82 Å². The highest BCUT2D eigenvalue weighted by atomic mass is 79.9. The standard InChI is InChI=1S/C13H15BrN4/c1-8-7-9(2)18-13(16-8)11(14)12(17-18)10-3-5-15-6-4-10/h3-6,8-9,16H,7H2,1-2H3. The van der Waals surface area contributed by atoms with E-state index in [1.54, 1.807) is 12.4 Å². The van der Waals surface area contributed by atoms with Crippen LogP contribution in [0.2, 0.25) is 0 Å². The Hall–Kier alpha value is -1.36. The van der Waals surface area contributed by atoms with Gasteiger partial charge in [-0.2, -0.15) is 5.10 Å². The van der Waals surface area contributed by atoms with Crippen molar-refractivity contribution in [3.05, 3.63) is 29.0 Å². The molecule has 18 heavy (non-hydrogen) atoms. The predicted molar refractivity (Wildman–Crippen MR) is 75.6 cm³/mol. The highest BCUT2D eigenvalue weighted by Gasteiger charge is 2.26. The van der Waals surface area contributed by atoms with Gasteiger partial charge in [-0.25, -0.2) is 4.68 Å². The van der Waals surface area contributed by atoms with Crippen LogP contribution in [0, 0.1) is 0 Å². The van der Waals surface area contributed by atoms with Crippen molar-refractivity contribution in [2.75, 3.05) is 5.32 Å². The Labute approximate surface area is 115 Å². The van der Waals surface area contributed by atoms with Gasteiger partial charge in [0.2, 0.25) is 0 Å². The second kappa shape index (κ2) is 4.39. The second-order valence-corrected chi connectivity index (χ2v) is 5.61. The third-order valence-electron chi connectivity index (χ3n) is 3.30. The van der Waals surface area contributed by atoms with Crippen molar-refractivity contribution in [1.29, 1.82) is 0 Å². The Morgan fingerprint density at radius 2 is 2.06 bits per heavy atom. The third-order valence-corrected chi connectivity index (χ3v) is 4.05. The van der Waals surface area contributed by atoms with Crippen LogP contribution in [0.3, 0.4) is 0 Å². The normalized spacial score (nSPS) is 22.4. The lowest BCUT2D eigenvalue weighted by Gasteiger charge is -2.28. The predicted octanol–water partition coefficient (Wildman–Crippen LogP) is 3.47. The van der Waals surface area contributed by atoms with Crippen molar-refractivity contribution < 1.29 is 0 Å². The minimum Gasteiger partial charge on any atom is -0.367 e. The average Bonchev–Trinajstić information content (AvgIpc) is 2.69. The lowest BCUT2D eigenvalue weighted by molar-refractivity contribution is 0.414. The molecule has 0 saturated carbocycles. The Morgan fingerprint density at radius 3 is 2.78 bits per heavy atom. The van der Waals surface area contributed by atoms with E-state index in [1.165, 1.54) is 0 Å². The summed E-state index contributed by atoms with van der Waals surface area (Å²) in [6.45, 7) is 4.40. The van der Waals surface area contributed by atoms with Crippen LogP contribution in [0.1, 0.15) is 26.3 Å². The summed E-state index contributed by atoms with van der Waals surface area (Å²) in [5.74, 6) is 1.08. The molecule has 1 N–H and O–H groups in total. The van der Waals surface area contributed by atoms with Gasteiger partial charge in [-0.15, -0.1) is 0 Å². The molecule has 0 bridgehead atoms. The number of hydrogen-bond donors (Lipinski definition) is 1. The first-order chi connectivity index (χ1) is 8.66. The number of hydrogen-bond acceptors (Lipinski definition) is 3. The summed E-state index contributed by atoms with van der Waals surface area (Å²) in [6, 6.07) is 4.86. The van der Waals surface area contributed by atoms with Gasteiger partial charge in [0.05, 0.1) is 10.5 Å². The monoisotopic (exact) mass is 306 g/mol. The van der Waals surface area contributed by atoms with Crippen LogP contribution < -0.4 is 5.32 Å². The van der Waals surface area contributed by atoms with Crippen molar-refractivity contribution in [3.63, 3.8) is 0 Å². The summed E-state index contributed by atoms with van der Waals surface area (Å²) >= 11 is 3.66. The number of anilines is 1. The maximum absolute atomic E-state index is 4.72. The van der Waals surface area contributed by atoms with E-state index >= 15 is 0 Å². The van der Waals surface area contributed by atoms with Gasteiger partial charge in [0, 0.05) is 24.0 Å². The molecule has 0 aromatic carbocycles. The van der Waals surface area contributed by atoms with Crippen LogP contribution in [0.5, 0.6) is 0 Å². The highest BCUT2D eigenvalue weighted by Crippen LogP contribution is 2.38. The van der Waals surface area contributed by atoms with Crippen LogP contribution in [-0.4, -0.2) is 20.8 Å². The molecule has 0 saturated heterocycles. The van der Waals surface area contributed by atoms with Gasteiger partial charge in [-0.3, -0.25) is 4.98 Å². The number of fused-ring (bicyclic) bond motifs is 1. The van der Waals surface area contributed by atoms with E-state index in [1.807, 2.05) is 12.1 Å².